The fraction of sp³-hybridized carbons (Fsp3) is 0.433. The molecule has 2 aromatic carbocycles. The predicted molar refractivity (Wildman–Crippen MR) is 150 cm³/mol. The monoisotopic (exact) mass is 569 g/mol. The lowest BCUT2D eigenvalue weighted by Crippen LogP contribution is -2.41. The Labute approximate surface area is 236 Å². The summed E-state index contributed by atoms with van der Waals surface area (Å²) in [6.45, 7) is 5.92. The molecule has 1 unspecified atom stereocenters. The predicted octanol–water partition coefficient (Wildman–Crippen LogP) is 5.56. The zero-order chi connectivity index (χ0) is 29.4. The van der Waals surface area contributed by atoms with Crippen LogP contribution >= 0.6 is 0 Å². The number of benzene rings is 2. The van der Waals surface area contributed by atoms with Gasteiger partial charge < -0.3 is 25.8 Å². The van der Waals surface area contributed by atoms with Gasteiger partial charge in [0.2, 0.25) is 17.9 Å². The maximum atomic E-state index is 14.2. The number of nitrogens with zero attached hydrogens (tertiary/aromatic N) is 3. The summed E-state index contributed by atoms with van der Waals surface area (Å²) in [7, 11) is 0. The van der Waals surface area contributed by atoms with Crippen LogP contribution < -0.4 is 20.7 Å². The molecule has 0 saturated carbocycles. The van der Waals surface area contributed by atoms with Gasteiger partial charge in [0.05, 0.1) is 0 Å². The molecule has 5 rings (SSSR count). The van der Waals surface area contributed by atoms with Gasteiger partial charge >= 0.3 is 12.1 Å². The second kappa shape index (κ2) is 11.2. The van der Waals surface area contributed by atoms with Crippen LogP contribution in [-0.4, -0.2) is 52.9 Å². The number of ether oxygens (including phenoxy) is 1. The van der Waals surface area contributed by atoms with Crippen LogP contribution in [0.1, 0.15) is 56.3 Å². The van der Waals surface area contributed by atoms with E-state index in [1.807, 2.05) is 29.2 Å². The maximum Gasteiger partial charge on any atom is 0.429 e. The Morgan fingerprint density at radius 2 is 1.78 bits per heavy atom. The fourth-order valence-electron chi connectivity index (χ4n) is 5.71. The number of hydrogen-bond donors (Lipinski definition) is 3. The zero-order valence-electron chi connectivity index (χ0n) is 23.0. The Morgan fingerprint density at radius 1 is 1.07 bits per heavy atom. The summed E-state index contributed by atoms with van der Waals surface area (Å²) in [5.41, 5.74) is 8.59. The van der Waals surface area contributed by atoms with Crippen LogP contribution in [0.25, 0.3) is 11.1 Å². The Kier molecular flexibility index (Phi) is 7.83. The first-order valence-corrected chi connectivity index (χ1v) is 13.7. The highest BCUT2D eigenvalue weighted by atomic mass is 19.4. The number of hydrogen-bond acceptors (Lipinski definition) is 7. The van der Waals surface area contributed by atoms with Crippen molar-refractivity contribution < 1.29 is 27.8 Å². The summed E-state index contributed by atoms with van der Waals surface area (Å²) in [4.78, 5) is 21.5. The van der Waals surface area contributed by atoms with Gasteiger partial charge in [0.15, 0.2) is 0 Å². The van der Waals surface area contributed by atoms with Crippen LogP contribution in [0, 0.1) is 5.41 Å². The van der Waals surface area contributed by atoms with E-state index >= 15 is 0 Å². The molecule has 4 N–H and O–H groups in total. The molecule has 2 aliphatic rings. The normalized spacial score (nSPS) is 19.5. The van der Waals surface area contributed by atoms with E-state index in [2.05, 4.69) is 29.1 Å². The lowest BCUT2D eigenvalue weighted by atomic mass is 9.76. The first-order valence-electron chi connectivity index (χ1n) is 13.7. The van der Waals surface area contributed by atoms with Crippen molar-refractivity contribution in [2.45, 2.75) is 57.3 Å². The molecule has 8 nitrogen and oxygen atoms in total. The number of carboxylic acid groups (broad SMARTS) is 1. The molecular formula is C30H34F3N5O3. The van der Waals surface area contributed by atoms with Crippen molar-refractivity contribution in [3.8, 4) is 17.0 Å². The van der Waals surface area contributed by atoms with Gasteiger partial charge in [-0.15, -0.1) is 0 Å². The molecule has 1 spiro atoms. The minimum Gasteiger partial charge on any atom is -0.480 e. The van der Waals surface area contributed by atoms with E-state index in [-0.39, 0.29) is 22.8 Å². The van der Waals surface area contributed by atoms with E-state index in [9.17, 15) is 23.1 Å². The van der Waals surface area contributed by atoms with Crippen LogP contribution in [0.2, 0.25) is 0 Å². The standard InChI is InChI=1S/C30H34F3N5O3/c1-18(2)21-4-3-5-22(14-21)19-6-8-20(9-7-19)26(30(31,32)33)41-25-15-24(36-28(34)37-25)38-12-10-29(11-13-38)16-23(27(39)40)35-17-29/h3-9,14-15,18,23,26,35H,10-13,16-17H2,1-2H3,(H,39,40)(H2,34,36,37)/t23?,26-/m1/s1. The molecule has 2 aliphatic heterocycles. The van der Waals surface area contributed by atoms with Gasteiger partial charge in [-0.05, 0) is 47.3 Å². The Hall–Kier alpha value is -3.86. The van der Waals surface area contributed by atoms with E-state index in [4.69, 9.17) is 10.5 Å². The molecule has 2 saturated heterocycles. The molecule has 41 heavy (non-hydrogen) atoms. The number of nitrogen functional groups attached to an aromatic ring is 1. The third kappa shape index (κ3) is 6.40. The molecule has 0 amide bonds. The second-order valence-corrected chi connectivity index (χ2v) is 11.3. The van der Waals surface area contributed by atoms with Crippen LogP contribution in [0.4, 0.5) is 24.9 Å². The zero-order valence-corrected chi connectivity index (χ0v) is 23.0. The summed E-state index contributed by atoms with van der Waals surface area (Å²) in [6, 6.07) is 14.9. The third-order valence-corrected chi connectivity index (χ3v) is 8.15. The molecule has 3 aromatic rings. The topological polar surface area (TPSA) is 114 Å². The van der Waals surface area contributed by atoms with Crippen molar-refractivity contribution in [3.05, 3.63) is 65.7 Å². The van der Waals surface area contributed by atoms with Gasteiger partial charge in [-0.3, -0.25) is 4.79 Å². The number of halogens is 3. The minimum absolute atomic E-state index is 0.0540. The third-order valence-electron chi connectivity index (χ3n) is 8.15. The Morgan fingerprint density at radius 3 is 2.39 bits per heavy atom. The van der Waals surface area contributed by atoms with Gasteiger partial charge in [0, 0.05) is 31.3 Å². The highest BCUT2D eigenvalue weighted by molar-refractivity contribution is 5.74. The number of alkyl halides is 3. The average Bonchev–Trinajstić information content (AvgIpc) is 3.35. The van der Waals surface area contributed by atoms with Gasteiger partial charge in [-0.2, -0.15) is 23.1 Å². The van der Waals surface area contributed by atoms with E-state index < -0.39 is 24.3 Å². The SMILES string of the molecule is CC(C)c1cccc(-c2ccc([C@@H](Oc3cc(N4CCC5(CC4)CNC(C(=O)O)C5)nc(N)n3)C(F)(F)F)cc2)c1. The number of nitrogens with two attached hydrogens (primary N) is 1. The molecule has 2 atom stereocenters. The summed E-state index contributed by atoms with van der Waals surface area (Å²) in [5, 5.41) is 12.4. The minimum atomic E-state index is -4.70. The molecule has 2 fully saturated rings. The van der Waals surface area contributed by atoms with Crippen molar-refractivity contribution in [1.82, 2.24) is 15.3 Å². The highest BCUT2D eigenvalue weighted by Crippen LogP contribution is 2.41. The average molecular weight is 570 g/mol. The Balaban J connectivity index is 1.32. The van der Waals surface area contributed by atoms with Gasteiger partial charge in [0.25, 0.3) is 0 Å². The van der Waals surface area contributed by atoms with E-state index in [1.165, 1.54) is 18.2 Å². The quantitative estimate of drug-likeness (QED) is 0.339. The van der Waals surface area contributed by atoms with Crippen LogP contribution in [-0.2, 0) is 4.79 Å². The fourth-order valence-corrected chi connectivity index (χ4v) is 5.71. The lowest BCUT2D eigenvalue weighted by Gasteiger charge is -2.39. The maximum absolute atomic E-state index is 14.2. The largest absolute Gasteiger partial charge is 0.480 e. The smallest absolute Gasteiger partial charge is 0.429 e. The van der Waals surface area contributed by atoms with Crippen LogP contribution in [0.15, 0.2) is 54.6 Å². The summed E-state index contributed by atoms with van der Waals surface area (Å²) in [6.07, 6.45) is -4.95. The van der Waals surface area contributed by atoms with E-state index in [1.54, 1.807) is 12.1 Å². The molecule has 3 heterocycles. The van der Waals surface area contributed by atoms with Crippen LogP contribution in [0.5, 0.6) is 5.88 Å². The van der Waals surface area contributed by atoms with Gasteiger partial charge in [-0.25, -0.2) is 0 Å². The highest BCUT2D eigenvalue weighted by Gasteiger charge is 2.45. The van der Waals surface area contributed by atoms with Gasteiger partial charge in [0.1, 0.15) is 11.9 Å². The molecule has 0 aliphatic carbocycles. The van der Waals surface area contributed by atoms with Crippen molar-refractivity contribution in [2.75, 3.05) is 30.3 Å². The first-order chi connectivity index (χ1) is 19.4. The summed E-state index contributed by atoms with van der Waals surface area (Å²) < 4.78 is 48.1. The van der Waals surface area contributed by atoms with Crippen molar-refractivity contribution in [2.24, 2.45) is 5.41 Å². The second-order valence-electron chi connectivity index (χ2n) is 11.3. The van der Waals surface area contributed by atoms with E-state index in [0.29, 0.717) is 37.8 Å². The number of nitrogens with one attached hydrogen (secondary N) is 1. The van der Waals surface area contributed by atoms with E-state index in [0.717, 1.165) is 29.5 Å². The number of carbonyl (C=O) groups is 1. The van der Waals surface area contributed by atoms with Gasteiger partial charge in [-0.1, -0.05) is 62.4 Å². The summed E-state index contributed by atoms with van der Waals surface area (Å²) in [5.74, 6) is -0.601. The van der Waals surface area contributed by atoms with Crippen molar-refractivity contribution in [1.29, 1.82) is 0 Å². The number of anilines is 2. The number of rotatable bonds is 7. The number of aromatic nitrogens is 2. The molecule has 1 aromatic heterocycles. The Bertz CT molecular complexity index is 1390. The molecule has 0 radical (unpaired) electrons. The lowest BCUT2D eigenvalue weighted by molar-refractivity contribution is -0.198. The number of carboxylic acids is 1. The van der Waals surface area contributed by atoms with Crippen LogP contribution in [0.3, 0.4) is 0 Å². The summed E-state index contributed by atoms with van der Waals surface area (Å²) >= 11 is 0. The van der Waals surface area contributed by atoms with Crippen molar-refractivity contribution in [3.63, 3.8) is 0 Å². The molecule has 0 bridgehead atoms. The van der Waals surface area contributed by atoms with Crippen molar-refractivity contribution >= 4 is 17.7 Å². The molecule has 218 valence electrons. The molecular weight excluding hydrogens is 535 g/mol. The number of piperidine rings is 1. The number of aliphatic carboxylic acids is 1. The molecule has 11 heteroatoms. The first kappa shape index (κ1) is 28.7.